The van der Waals surface area contributed by atoms with Crippen molar-refractivity contribution in [1.29, 1.82) is 0 Å². The van der Waals surface area contributed by atoms with E-state index in [4.69, 9.17) is 11.5 Å². The molecule has 0 bridgehead atoms. The molecule has 10 heteroatoms. The van der Waals surface area contributed by atoms with Gasteiger partial charge in [0.25, 0.3) is 0 Å². The summed E-state index contributed by atoms with van der Waals surface area (Å²) in [5.41, 5.74) is 14.3. The average Bonchev–Trinajstić information content (AvgIpc) is 3.51. The molecule has 0 aliphatic carbocycles. The van der Waals surface area contributed by atoms with Crippen LogP contribution in [0, 0.1) is 0 Å². The third-order valence-electron chi connectivity index (χ3n) is 7.90. The third kappa shape index (κ3) is 8.20. The Bertz CT molecular complexity index is 1400. The van der Waals surface area contributed by atoms with Gasteiger partial charge in [0.2, 0.25) is 23.6 Å². The SMILES string of the molecule is CC(c1ccccc1)C(NC(=O)C1CCCN1C(=O)C(N)Cc1ccc(O)cc1)C(=O)NC(Cc1ccccc1)C(N)=O. The summed E-state index contributed by atoms with van der Waals surface area (Å²) < 4.78 is 0. The zero-order valence-electron chi connectivity index (χ0n) is 24.2. The molecule has 4 rings (SSSR count). The standard InChI is InChI=1S/C33H39N5O5/c1-21(24-11-6-3-7-12-24)29(32(42)36-27(30(35)40)20-22-9-4-2-5-10-22)37-31(41)28-13-8-18-38(28)33(43)26(34)19-23-14-16-25(39)17-15-23/h2-7,9-12,14-17,21,26-29,39H,8,13,18-20,34H2,1H3,(H2,35,40)(H,36,42)(H,37,41). The Labute approximate surface area is 251 Å². The molecular formula is C33H39N5O5. The highest BCUT2D eigenvalue weighted by atomic mass is 16.3. The van der Waals surface area contributed by atoms with Crippen molar-refractivity contribution in [2.75, 3.05) is 6.54 Å². The second-order valence-electron chi connectivity index (χ2n) is 11.0. The van der Waals surface area contributed by atoms with E-state index in [1.54, 1.807) is 12.1 Å². The van der Waals surface area contributed by atoms with Crippen LogP contribution in [0.1, 0.15) is 42.4 Å². The van der Waals surface area contributed by atoms with Gasteiger partial charge in [-0.2, -0.15) is 0 Å². The Kier molecular flexibility index (Phi) is 10.5. The highest BCUT2D eigenvalue weighted by molar-refractivity contribution is 5.95. The monoisotopic (exact) mass is 585 g/mol. The van der Waals surface area contributed by atoms with Gasteiger partial charge >= 0.3 is 0 Å². The molecule has 4 amide bonds. The smallest absolute Gasteiger partial charge is 0.243 e. The van der Waals surface area contributed by atoms with Gasteiger partial charge in [0.05, 0.1) is 6.04 Å². The van der Waals surface area contributed by atoms with E-state index >= 15 is 0 Å². The van der Waals surface area contributed by atoms with Crippen LogP contribution < -0.4 is 22.1 Å². The van der Waals surface area contributed by atoms with Crippen LogP contribution in [-0.2, 0) is 32.0 Å². The summed E-state index contributed by atoms with van der Waals surface area (Å²) in [5.74, 6) is -2.42. The Balaban J connectivity index is 1.50. The van der Waals surface area contributed by atoms with E-state index in [1.165, 1.54) is 17.0 Å². The maximum Gasteiger partial charge on any atom is 0.243 e. The maximum atomic E-state index is 13.7. The molecule has 226 valence electrons. The molecule has 5 atom stereocenters. The number of carbonyl (C=O) groups is 4. The maximum absolute atomic E-state index is 13.7. The van der Waals surface area contributed by atoms with Crippen molar-refractivity contribution in [3.63, 3.8) is 0 Å². The summed E-state index contributed by atoms with van der Waals surface area (Å²) in [6.07, 6.45) is 1.49. The number of phenolic OH excluding ortho intramolecular Hbond substituents is 1. The number of benzene rings is 3. The number of hydrogen-bond acceptors (Lipinski definition) is 6. The Hall–Kier alpha value is -4.70. The van der Waals surface area contributed by atoms with E-state index in [9.17, 15) is 24.3 Å². The van der Waals surface area contributed by atoms with Crippen LogP contribution in [0.4, 0.5) is 0 Å². The molecule has 1 fully saturated rings. The van der Waals surface area contributed by atoms with Crippen molar-refractivity contribution in [3.8, 4) is 5.75 Å². The number of amides is 4. The molecule has 0 aromatic heterocycles. The molecule has 0 saturated carbocycles. The number of aromatic hydroxyl groups is 1. The lowest BCUT2D eigenvalue weighted by atomic mass is 9.91. The number of hydrogen-bond donors (Lipinski definition) is 5. The van der Waals surface area contributed by atoms with Crippen LogP contribution in [0.15, 0.2) is 84.9 Å². The zero-order chi connectivity index (χ0) is 30.9. The highest BCUT2D eigenvalue weighted by Gasteiger charge is 2.39. The molecule has 43 heavy (non-hydrogen) atoms. The van der Waals surface area contributed by atoms with Gasteiger partial charge in [-0.25, -0.2) is 0 Å². The summed E-state index contributed by atoms with van der Waals surface area (Å²) in [5, 5.41) is 15.2. The minimum Gasteiger partial charge on any atom is -0.508 e. The lowest BCUT2D eigenvalue weighted by molar-refractivity contribution is -0.140. The van der Waals surface area contributed by atoms with Gasteiger partial charge in [0.15, 0.2) is 0 Å². The Morgan fingerprint density at radius 1 is 0.884 bits per heavy atom. The normalized spacial score (nSPS) is 17.3. The quantitative estimate of drug-likeness (QED) is 0.217. The van der Waals surface area contributed by atoms with Gasteiger partial charge in [-0.15, -0.1) is 0 Å². The molecule has 1 aliphatic rings. The molecule has 7 N–H and O–H groups in total. The lowest BCUT2D eigenvalue weighted by Crippen LogP contribution is -2.58. The fraction of sp³-hybridized carbons (Fsp3) is 0.333. The number of nitrogens with zero attached hydrogens (tertiary/aromatic N) is 1. The number of nitrogens with two attached hydrogens (primary N) is 2. The van der Waals surface area contributed by atoms with Crippen molar-refractivity contribution in [3.05, 3.63) is 102 Å². The second kappa shape index (κ2) is 14.5. The van der Waals surface area contributed by atoms with E-state index < -0.39 is 47.8 Å². The van der Waals surface area contributed by atoms with Crippen LogP contribution >= 0.6 is 0 Å². The number of likely N-dealkylation sites (tertiary alicyclic amines) is 1. The third-order valence-corrected chi connectivity index (χ3v) is 7.90. The molecule has 10 nitrogen and oxygen atoms in total. The van der Waals surface area contributed by atoms with Crippen molar-refractivity contribution < 1.29 is 24.3 Å². The second-order valence-corrected chi connectivity index (χ2v) is 11.0. The van der Waals surface area contributed by atoms with Gasteiger partial charge in [-0.1, -0.05) is 79.7 Å². The molecule has 5 unspecified atom stereocenters. The number of primary amides is 1. The van der Waals surface area contributed by atoms with Crippen molar-refractivity contribution in [1.82, 2.24) is 15.5 Å². The number of rotatable bonds is 12. The first-order chi connectivity index (χ1) is 20.6. The predicted octanol–water partition coefficient (Wildman–Crippen LogP) is 1.75. The first kappa shape index (κ1) is 31.2. The van der Waals surface area contributed by atoms with E-state index in [1.807, 2.05) is 67.6 Å². The van der Waals surface area contributed by atoms with E-state index in [0.717, 1.165) is 16.7 Å². The topological polar surface area (TPSA) is 168 Å². The summed E-state index contributed by atoms with van der Waals surface area (Å²) in [6, 6.07) is 21.2. The molecule has 1 heterocycles. The molecule has 1 saturated heterocycles. The van der Waals surface area contributed by atoms with Gasteiger partial charge in [-0.05, 0) is 48.1 Å². The van der Waals surface area contributed by atoms with E-state index in [-0.39, 0.29) is 24.5 Å². The minimum absolute atomic E-state index is 0.116. The molecular weight excluding hydrogens is 546 g/mol. The number of carbonyl (C=O) groups excluding carboxylic acids is 4. The molecule has 3 aromatic rings. The van der Waals surface area contributed by atoms with Crippen molar-refractivity contribution >= 4 is 23.6 Å². The van der Waals surface area contributed by atoms with Crippen LogP contribution in [0.3, 0.4) is 0 Å². The van der Waals surface area contributed by atoms with E-state index in [2.05, 4.69) is 10.6 Å². The number of phenols is 1. The summed E-state index contributed by atoms with van der Waals surface area (Å²) in [6.45, 7) is 2.19. The summed E-state index contributed by atoms with van der Waals surface area (Å²) >= 11 is 0. The number of nitrogens with one attached hydrogen (secondary N) is 2. The first-order valence-corrected chi connectivity index (χ1v) is 14.5. The fourth-order valence-electron chi connectivity index (χ4n) is 5.44. The Morgan fingerprint density at radius 2 is 1.49 bits per heavy atom. The molecule has 1 aliphatic heterocycles. The Morgan fingerprint density at radius 3 is 2.12 bits per heavy atom. The predicted molar refractivity (Wildman–Crippen MR) is 163 cm³/mol. The van der Waals surface area contributed by atoms with Crippen LogP contribution in [0.25, 0.3) is 0 Å². The van der Waals surface area contributed by atoms with Crippen LogP contribution in [-0.4, -0.2) is 64.3 Å². The summed E-state index contributed by atoms with van der Waals surface area (Å²) in [4.78, 5) is 54.5. The lowest BCUT2D eigenvalue weighted by Gasteiger charge is -2.31. The molecule has 0 spiro atoms. The van der Waals surface area contributed by atoms with Crippen LogP contribution in [0.5, 0.6) is 5.75 Å². The van der Waals surface area contributed by atoms with Crippen LogP contribution in [0.2, 0.25) is 0 Å². The molecule has 3 aromatic carbocycles. The van der Waals surface area contributed by atoms with Crippen molar-refractivity contribution in [2.24, 2.45) is 11.5 Å². The van der Waals surface area contributed by atoms with Gasteiger partial charge < -0.3 is 32.1 Å². The highest BCUT2D eigenvalue weighted by Crippen LogP contribution is 2.23. The van der Waals surface area contributed by atoms with Gasteiger partial charge in [0.1, 0.15) is 23.9 Å². The van der Waals surface area contributed by atoms with Crippen molar-refractivity contribution in [2.45, 2.75) is 62.7 Å². The van der Waals surface area contributed by atoms with Gasteiger partial charge in [-0.3, -0.25) is 19.2 Å². The summed E-state index contributed by atoms with van der Waals surface area (Å²) in [7, 11) is 0. The average molecular weight is 586 g/mol. The minimum atomic E-state index is -1.05. The zero-order valence-corrected chi connectivity index (χ0v) is 24.2. The van der Waals surface area contributed by atoms with E-state index in [0.29, 0.717) is 19.4 Å². The first-order valence-electron chi connectivity index (χ1n) is 14.5. The van der Waals surface area contributed by atoms with Gasteiger partial charge in [0, 0.05) is 18.9 Å². The largest absolute Gasteiger partial charge is 0.508 e. The fourth-order valence-corrected chi connectivity index (χ4v) is 5.44. The molecule has 0 radical (unpaired) electrons.